The molecule has 0 fully saturated rings. The molecule has 2 heteroatoms. The average Bonchev–Trinajstić information content (AvgIpc) is 2.31. The number of unbranched alkanes of at least 4 members (excludes halogenated alkanes) is 8. The van der Waals surface area contributed by atoms with E-state index in [0.29, 0.717) is 6.61 Å². The molecule has 0 saturated carbocycles. The summed E-state index contributed by atoms with van der Waals surface area (Å²) in [5.41, 5.74) is 0. The second-order valence-electron chi connectivity index (χ2n) is 4.76. The molecule has 0 aliphatic carbocycles. The lowest BCUT2D eigenvalue weighted by Gasteiger charge is -2.06. The molecule has 1 atom stereocenters. The van der Waals surface area contributed by atoms with Gasteiger partial charge in [-0.3, -0.25) is 0 Å². The van der Waals surface area contributed by atoms with Crippen molar-refractivity contribution in [3.63, 3.8) is 0 Å². The Bertz CT molecular complexity index is 126. The van der Waals surface area contributed by atoms with Gasteiger partial charge in [0, 0.05) is 6.61 Å². The van der Waals surface area contributed by atoms with Gasteiger partial charge < -0.3 is 10.2 Å². The molecule has 98 valence electrons. The predicted molar refractivity (Wildman–Crippen MR) is 69.6 cm³/mol. The van der Waals surface area contributed by atoms with E-state index in [2.05, 4.69) is 0 Å². The molecule has 0 heterocycles. The topological polar surface area (TPSA) is 40.5 Å². The van der Waals surface area contributed by atoms with Crippen LogP contribution in [0.3, 0.4) is 0 Å². The molecule has 0 spiro atoms. The number of hydrogen-bond acceptors (Lipinski definition) is 2. The molecule has 0 aromatic rings. The van der Waals surface area contributed by atoms with Crippen LogP contribution in [0.25, 0.3) is 0 Å². The summed E-state index contributed by atoms with van der Waals surface area (Å²) >= 11 is 0. The first-order chi connectivity index (χ1) is 7.81. The summed E-state index contributed by atoms with van der Waals surface area (Å²) in [4.78, 5) is 0. The zero-order valence-electron chi connectivity index (χ0n) is 11.0. The molecular weight excluding hydrogens is 200 g/mol. The maximum Gasteiger partial charge on any atom is 0.0537 e. The van der Waals surface area contributed by atoms with Crippen molar-refractivity contribution >= 4 is 0 Å². The van der Waals surface area contributed by atoms with Crippen molar-refractivity contribution in [1.82, 2.24) is 0 Å². The van der Waals surface area contributed by atoms with Crippen LogP contribution in [0.15, 0.2) is 0 Å². The van der Waals surface area contributed by atoms with Crippen molar-refractivity contribution in [2.24, 2.45) is 0 Å². The Hall–Kier alpha value is -0.0800. The van der Waals surface area contributed by atoms with Crippen molar-refractivity contribution in [2.45, 2.75) is 83.7 Å². The number of rotatable bonds is 12. The molecule has 16 heavy (non-hydrogen) atoms. The fourth-order valence-corrected chi connectivity index (χ4v) is 1.93. The Labute approximate surface area is 101 Å². The van der Waals surface area contributed by atoms with Crippen LogP contribution in [-0.4, -0.2) is 22.9 Å². The standard InChI is InChI=1S/C14H30O2/c1-2-14(16)12-10-8-6-4-3-5-7-9-11-13-15/h14-16H,2-13H2,1H3. The molecule has 0 radical (unpaired) electrons. The molecule has 0 aliphatic rings. The fraction of sp³-hybridized carbons (Fsp3) is 1.00. The Morgan fingerprint density at radius 1 is 0.750 bits per heavy atom. The molecule has 0 saturated heterocycles. The van der Waals surface area contributed by atoms with E-state index >= 15 is 0 Å². The van der Waals surface area contributed by atoms with E-state index < -0.39 is 0 Å². The van der Waals surface area contributed by atoms with Gasteiger partial charge in [0.05, 0.1) is 6.10 Å². The van der Waals surface area contributed by atoms with E-state index in [1.807, 2.05) is 6.92 Å². The van der Waals surface area contributed by atoms with Crippen molar-refractivity contribution in [3.8, 4) is 0 Å². The minimum Gasteiger partial charge on any atom is -0.396 e. The highest BCUT2D eigenvalue weighted by atomic mass is 16.3. The highest BCUT2D eigenvalue weighted by molar-refractivity contribution is 4.53. The number of hydrogen-bond donors (Lipinski definition) is 2. The van der Waals surface area contributed by atoms with Gasteiger partial charge in [0.25, 0.3) is 0 Å². The summed E-state index contributed by atoms with van der Waals surface area (Å²) in [5, 5.41) is 18.0. The lowest BCUT2D eigenvalue weighted by Crippen LogP contribution is -2.03. The van der Waals surface area contributed by atoms with Crippen LogP contribution in [0.4, 0.5) is 0 Å². The third-order valence-electron chi connectivity index (χ3n) is 3.17. The summed E-state index contributed by atoms with van der Waals surface area (Å²) in [5.74, 6) is 0. The third-order valence-corrected chi connectivity index (χ3v) is 3.17. The minimum atomic E-state index is -0.0709. The van der Waals surface area contributed by atoms with E-state index in [1.54, 1.807) is 0 Å². The van der Waals surface area contributed by atoms with E-state index in [4.69, 9.17) is 5.11 Å². The van der Waals surface area contributed by atoms with Gasteiger partial charge in [0.2, 0.25) is 0 Å². The summed E-state index contributed by atoms with van der Waals surface area (Å²) in [6, 6.07) is 0. The van der Waals surface area contributed by atoms with Gasteiger partial charge in [0.15, 0.2) is 0 Å². The average molecular weight is 230 g/mol. The van der Waals surface area contributed by atoms with Crippen LogP contribution >= 0.6 is 0 Å². The molecule has 0 amide bonds. The van der Waals surface area contributed by atoms with Crippen LogP contribution in [0, 0.1) is 0 Å². The first kappa shape index (κ1) is 15.9. The Balaban J connectivity index is 2.93. The van der Waals surface area contributed by atoms with E-state index in [1.165, 1.54) is 51.4 Å². The number of aliphatic hydroxyl groups excluding tert-OH is 2. The quantitative estimate of drug-likeness (QED) is 0.502. The van der Waals surface area contributed by atoms with Crippen LogP contribution < -0.4 is 0 Å². The van der Waals surface area contributed by atoms with Crippen LogP contribution in [-0.2, 0) is 0 Å². The Morgan fingerprint density at radius 3 is 1.62 bits per heavy atom. The normalized spacial score (nSPS) is 12.9. The second kappa shape index (κ2) is 13.0. The summed E-state index contributed by atoms with van der Waals surface area (Å²) < 4.78 is 0. The SMILES string of the molecule is CCC(O)CCCCCCCCCCCO. The van der Waals surface area contributed by atoms with E-state index in [9.17, 15) is 5.11 Å². The van der Waals surface area contributed by atoms with Crippen molar-refractivity contribution in [3.05, 3.63) is 0 Å². The fourth-order valence-electron chi connectivity index (χ4n) is 1.93. The maximum absolute atomic E-state index is 9.36. The second-order valence-corrected chi connectivity index (χ2v) is 4.76. The number of aliphatic hydroxyl groups is 2. The van der Waals surface area contributed by atoms with Crippen molar-refractivity contribution in [1.29, 1.82) is 0 Å². The maximum atomic E-state index is 9.36. The molecule has 0 rings (SSSR count). The zero-order chi connectivity index (χ0) is 12.1. The van der Waals surface area contributed by atoms with E-state index in [-0.39, 0.29) is 6.10 Å². The first-order valence-electron chi connectivity index (χ1n) is 7.10. The van der Waals surface area contributed by atoms with Gasteiger partial charge in [-0.05, 0) is 19.3 Å². The van der Waals surface area contributed by atoms with Gasteiger partial charge in [0.1, 0.15) is 0 Å². The highest BCUT2D eigenvalue weighted by Gasteiger charge is 1.99. The monoisotopic (exact) mass is 230 g/mol. The summed E-state index contributed by atoms with van der Waals surface area (Å²) in [7, 11) is 0. The van der Waals surface area contributed by atoms with Crippen LogP contribution in [0.5, 0.6) is 0 Å². The lowest BCUT2D eigenvalue weighted by atomic mass is 10.0. The molecule has 1 unspecified atom stereocenters. The molecule has 0 aromatic carbocycles. The Morgan fingerprint density at radius 2 is 1.19 bits per heavy atom. The van der Waals surface area contributed by atoms with Crippen LogP contribution in [0.2, 0.25) is 0 Å². The van der Waals surface area contributed by atoms with Gasteiger partial charge in [-0.1, -0.05) is 58.3 Å². The molecule has 2 nitrogen and oxygen atoms in total. The van der Waals surface area contributed by atoms with Gasteiger partial charge >= 0.3 is 0 Å². The first-order valence-corrected chi connectivity index (χ1v) is 7.10. The third kappa shape index (κ3) is 12.0. The zero-order valence-corrected chi connectivity index (χ0v) is 11.0. The van der Waals surface area contributed by atoms with Crippen LogP contribution in [0.1, 0.15) is 77.6 Å². The van der Waals surface area contributed by atoms with Gasteiger partial charge in [-0.2, -0.15) is 0 Å². The largest absolute Gasteiger partial charge is 0.396 e. The molecular formula is C14H30O2. The molecule has 0 bridgehead atoms. The molecule has 0 aliphatic heterocycles. The summed E-state index contributed by atoms with van der Waals surface area (Å²) in [6.07, 6.45) is 13.0. The van der Waals surface area contributed by atoms with Crippen molar-refractivity contribution < 1.29 is 10.2 Å². The smallest absolute Gasteiger partial charge is 0.0537 e. The lowest BCUT2D eigenvalue weighted by molar-refractivity contribution is 0.156. The van der Waals surface area contributed by atoms with E-state index in [0.717, 1.165) is 19.3 Å². The minimum absolute atomic E-state index is 0.0709. The summed E-state index contributed by atoms with van der Waals surface area (Å²) in [6.45, 7) is 2.39. The Kier molecular flexibility index (Phi) is 12.9. The molecule has 0 aromatic heterocycles. The molecule has 2 N–H and O–H groups in total. The van der Waals surface area contributed by atoms with Gasteiger partial charge in [-0.25, -0.2) is 0 Å². The predicted octanol–water partition coefficient (Wildman–Crippen LogP) is 3.65. The van der Waals surface area contributed by atoms with Crippen molar-refractivity contribution in [2.75, 3.05) is 6.61 Å². The van der Waals surface area contributed by atoms with Gasteiger partial charge in [-0.15, -0.1) is 0 Å². The highest BCUT2D eigenvalue weighted by Crippen LogP contribution is 2.11.